The number of ketones is 2. The van der Waals surface area contributed by atoms with Crippen LogP contribution in [0, 0.1) is 34.5 Å². The van der Waals surface area contributed by atoms with Gasteiger partial charge in [0, 0.05) is 18.3 Å². The Hall–Kier alpha value is -0.960. The first-order valence-corrected chi connectivity index (χ1v) is 10.1. The van der Waals surface area contributed by atoms with Crippen LogP contribution in [0.5, 0.6) is 0 Å². The highest BCUT2D eigenvalue weighted by molar-refractivity contribution is 5.92. The lowest BCUT2D eigenvalue weighted by Gasteiger charge is -2.63. The van der Waals surface area contributed by atoms with Crippen LogP contribution in [0.25, 0.3) is 0 Å². The van der Waals surface area contributed by atoms with E-state index in [9.17, 15) is 14.7 Å². The van der Waals surface area contributed by atoms with E-state index in [4.69, 9.17) is 0 Å². The Labute approximate surface area is 151 Å². The van der Waals surface area contributed by atoms with E-state index >= 15 is 0 Å². The van der Waals surface area contributed by atoms with Crippen molar-refractivity contribution in [2.75, 3.05) is 0 Å². The molecule has 0 aromatic rings. The highest BCUT2D eigenvalue weighted by atomic mass is 16.3. The van der Waals surface area contributed by atoms with Crippen LogP contribution in [-0.2, 0) is 9.59 Å². The molecule has 0 aromatic heterocycles. The van der Waals surface area contributed by atoms with Gasteiger partial charge in [0.2, 0.25) is 0 Å². The Morgan fingerprint density at radius 3 is 2.48 bits per heavy atom. The molecule has 3 fully saturated rings. The maximum Gasteiger partial charge on any atom is 0.164 e. The molecule has 0 aromatic carbocycles. The average Bonchev–Trinajstić information content (AvgIpc) is 2.54. The molecule has 4 rings (SSSR count). The predicted molar refractivity (Wildman–Crippen MR) is 96.9 cm³/mol. The number of hydrogen-bond acceptors (Lipinski definition) is 3. The highest BCUT2D eigenvalue weighted by Gasteiger charge is 2.63. The maximum absolute atomic E-state index is 12.4. The topological polar surface area (TPSA) is 54.4 Å². The van der Waals surface area contributed by atoms with Crippen LogP contribution < -0.4 is 0 Å². The minimum Gasteiger partial charge on any atom is -0.382 e. The molecule has 0 bridgehead atoms. The van der Waals surface area contributed by atoms with E-state index in [-0.39, 0.29) is 16.6 Å². The molecule has 4 aliphatic carbocycles. The van der Waals surface area contributed by atoms with E-state index in [1.807, 2.05) is 6.08 Å². The average molecular weight is 344 g/mol. The van der Waals surface area contributed by atoms with Crippen molar-refractivity contribution in [2.45, 2.75) is 78.2 Å². The first kappa shape index (κ1) is 17.5. The fourth-order valence-corrected chi connectivity index (χ4v) is 7.29. The molecule has 1 N–H and O–H groups in total. The van der Waals surface area contributed by atoms with Gasteiger partial charge in [-0.1, -0.05) is 26.3 Å². The van der Waals surface area contributed by atoms with Crippen molar-refractivity contribution in [1.29, 1.82) is 0 Å². The zero-order chi connectivity index (χ0) is 18.2. The molecule has 3 saturated carbocycles. The second-order valence-electron chi connectivity index (χ2n) is 9.99. The van der Waals surface area contributed by atoms with Gasteiger partial charge < -0.3 is 5.11 Å². The van der Waals surface area contributed by atoms with Crippen molar-refractivity contribution in [3.05, 3.63) is 11.6 Å². The van der Waals surface area contributed by atoms with Crippen LogP contribution in [0.2, 0.25) is 0 Å². The number of aliphatic hydroxyl groups is 1. The molecule has 0 amide bonds. The summed E-state index contributed by atoms with van der Waals surface area (Å²) in [6.45, 7) is 8.58. The Morgan fingerprint density at radius 2 is 1.76 bits per heavy atom. The summed E-state index contributed by atoms with van der Waals surface area (Å²) in [6.07, 6.45) is 8.13. The molecule has 138 valence electrons. The number of carbonyl (C=O) groups excluding carboxylic acids is 2. The van der Waals surface area contributed by atoms with E-state index < -0.39 is 5.60 Å². The van der Waals surface area contributed by atoms with Crippen molar-refractivity contribution in [3.63, 3.8) is 0 Å². The lowest BCUT2D eigenvalue weighted by molar-refractivity contribution is -0.190. The Balaban J connectivity index is 1.75. The first-order valence-electron chi connectivity index (χ1n) is 10.1. The highest BCUT2D eigenvalue weighted by Crippen LogP contribution is 2.66. The normalized spacial score (nSPS) is 52.8. The minimum absolute atomic E-state index is 0.0311. The molecule has 0 spiro atoms. The molecule has 0 heterocycles. The molecule has 3 heteroatoms. The molecule has 0 aliphatic heterocycles. The second-order valence-corrected chi connectivity index (χ2v) is 9.99. The summed E-state index contributed by atoms with van der Waals surface area (Å²) < 4.78 is 0. The Bertz CT molecular complexity index is 660. The van der Waals surface area contributed by atoms with Gasteiger partial charge in [0.25, 0.3) is 0 Å². The molecule has 7 atom stereocenters. The van der Waals surface area contributed by atoms with Gasteiger partial charge in [-0.05, 0) is 74.2 Å². The van der Waals surface area contributed by atoms with Crippen LogP contribution in [0.4, 0.5) is 0 Å². The van der Waals surface area contributed by atoms with Crippen molar-refractivity contribution < 1.29 is 14.7 Å². The molecule has 4 aliphatic rings. The fraction of sp³-hybridized carbons (Fsp3) is 0.818. The number of allylic oxidation sites excluding steroid dienone is 2. The summed E-state index contributed by atoms with van der Waals surface area (Å²) in [6, 6.07) is 0. The zero-order valence-electron chi connectivity index (χ0n) is 16.1. The number of hydrogen-bond donors (Lipinski definition) is 1. The monoisotopic (exact) mass is 344 g/mol. The molecule has 3 nitrogen and oxygen atoms in total. The summed E-state index contributed by atoms with van der Waals surface area (Å²) in [4.78, 5) is 24.5. The smallest absolute Gasteiger partial charge is 0.164 e. The summed E-state index contributed by atoms with van der Waals surface area (Å²) >= 11 is 0. The fourth-order valence-electron chi connectivity index (χ4n) is 7.29. The van der Waals surface area contributed by atoms with Gasteiger partial charge >= 0.3 is 0 Å². The number of fused-ring (bicyclic) bond motifs is 5. The predicted octanol–water partition coefficient (Wildman–Crippen LogP) is 4.08. The van der Waals surface area contributed by atoms with E-state index in [1.54, 1.807) is 6.92 Å². The third-order valence-corrected chi connectivity index (χ3v) is 9.01. The molecular weight excluding hydrogens is 312 g/mol. The van der Waals surface area contributed by atoms with Gasteiger partial charge in [0.1, 0.15) is 5.60 Å². The first-order chi connectivity index (χ1) is 11.6. The van der Waals surface area contributed by atoms with Gasteiger partial charge in [0.15, 0.2) is 11.6 Å². The van der Waals surface area contributed by atoms with Crippen LogP contribution in [0.15, 0.2) is 11.6 Å². The van der Waals surface area contributed by atoms with Crippen LogP contribution in [0.1, 0.15) is 72.6 Å². The maximum atomic E-state index is 12.4. The van der Waals surface area contributed by atoms with Gasteiger partial charge in [-0.2, -0.15) is 0 Å². The molecule has 0 unspecified atom stereocenters. The number of rotatable bonds is 0. The van der Waals surface area contributed by atoms with Crippen molar-refractivity contribution in [1.82, 2.24) is 0 Å². The minimum atomic E-state index is -1.19. The standard InChI is InChI=1S/C22H32O3/c1-13-11-15-16(20(2)9-7-14(23)12-18(13)20)8-10-21(3)17(15)5-6-19(24)22(21,4)25/h12-13,15-17,25H,5-11H2,1-4H3/t13-,15+,16-,17-,20+,21-,22-/m0/s1. The summed E-state index contributed by atoms with van der Waals surface area (Å²) in [5.41, 5.74) is 0.0204. The lowest BCUT2D eigenvalue weighted by atomic mass is 9.41. The summed E-state index contributed by atoms with van der Waals surface area (Å²) in [5, 5.41) is 11.1. The molecule has 25 heavy (non-hydrogen) atoms. The molecule has 0 saturated heterocycles. The number of Topliss-reactive ketones (excluding diaryl/α,β-unsaturated/α-hetero) is 1. The lowest BCUT2D eigenvalue weighted by Crippen LogP contribution is -2.63. The number of carbonyl (C=O) groups is 2. The van der Waals surface area contributed by atoms with Crippen LogP contribution >= 0.6 is 0 Å². The summed E-state index contributed by atoms with van der Waals surface area (Å²) in [7, 11) is 0. The summed E-state index contributed by atoms with van der Waals surface area (Å²) in [5.74, 6) is 2.32. The molecular formula is C22H32O3. The Morgan fingerprint density at radius 1 is 1.04 bits per heavy atom. The third-order valence-electron chi connectivity index (χ3n) is 9.01. The van der Waals surface area contributed by atoms with Gasteiger partial charge in [-0.15, -0.1) is 0 Å². The van der Waals surface area contributed by atoms with Crippen LogP contribution in [0.3, 0.4) is 0 Å². The third kappa shape index (κ3) is 2.14. The van der Waals surface area contributed by atoms with Gasteiger partial charge in [-0.3, -0.25) is 9.59 Å². The van der Waals surface area contributed by atoms with E-state index in [1.165, 1.54) is 5.57 Å². The quantitative estimate of drug-likeness (QED) is 0.720. The van der Waals surface area contributed by atoms with Crippen molar-refractivity contribution in [3.8, 4) is 0 Å². The second kappa shape index (κ2) is 5.28. The largest absolute Gasteiger partial charge is 0.382 e. The van der Waals surface area contributed by atoms with Crippen LogP contribution in [-0.4, -0.2) is 22.3 Å². The molecule has 0 radical (unpaired) electrons. The SMILES string of the molecule is C[C@H]1C[C@@H]2[C@H](CC[C@@]3(C)[C@H]2CCC(=O)[C@]3(C)O)[C@@]2(C)CCC(=O)C=C12. The Kier molecular flexibility index (Phi) is 3.69. The van der Waals surface area contributed by atoms with Gasteiger partial charge in [0.05, 0.1) is 0 Å². The van der Waals surface area contributed by atoms with E-state index in [0.29, 0.717) is 42.3 Å². The van der Waals surface area contributed by atoms with E-state index in [0.717, 1.165) is 32.1 Å². The zero-order valence-corrected chi connectivity index (χ0v) is 16.1. The van der Waals surface area contributed by atoms with Crippen molar-refractivity contribution >= 4 is 11.6 Å². The van der Waals surface area contributed by atoms with Gasteiger partial charge in [-0.25, -0.2) is 0 Å². The van der Waals surface area contributed by atoms with E-state index in [2.05, 4.69) is 20.8 Å². The van der Waals surface area contributed by atoms with Crippen molar-refractivity contribution in [2.24, 2.45) is 34.5 Å².